The molecular weight excluding hydrogens is 461 g/mol. The zero-order valence-corrected chi connectivity index (χ0v) is 17.9. The highest BCUT2D eigenvalue weighted by Crippen LogP contribution is 2.23. The number of nitrogens with zero attached hydrogens (tertiary/aromatic N) is 3. The molecule has 0 radical (unpaired) electrons. The van der Waals surface area contributed by atoms with Crippen molar-refractivity contribution in [3.05, 3.63) is 75.2 Å². The van der Waals surface area contributed by atoms with Crippen LogP contribution < -0.4 is 5.43 Å². The van der Waals surface area contributed by atoms with Crippen LogP contribution in [0.3, 0.4) is 0 Å². The number of aromatic nitrogens is 1. The molecule has 0 N–H and O–H groups in total. The third-order valence-electron chi connectivity index (χ3n) is 5.06. The standard InChI is InChI=1S/C20H19BrFN3O3S/c21-18-6-2-5-17-19(26)7-8-24(20(17)18)14-23-9-11-25(12-10-23)29(27,28)16-4-1-3-15(22)13-16/h1-8,13H,9-12,14H2. The van der Waals surface area contributed by atoms with E-state index in [1.807, 2.05) is 16.7 Å². The second kappa shape index (κ2) is 7.98. The summed E-state index contributed by atoms with van der Waals surface area (Å²) in [5, 5.41) is 0.634. The maximum atomic E-state index is 13.4. The molecule has 4 rings (SSSR count). The molecule has 0 amide bonds. The van der Waals surface area contributed by atoms with Crippen LogP contribution in [0.25, 0.3) is 10.9 Å². The van der Waals surface area contributed by atoms with Crippen molar-refractivity contribution in [2.45, 2.75) is 11.6 Å². The lowest BCUT2D eigenvalue weighted by molar-refractivity contribution is 0.154. The molecule has 0 bridgehead atoms. The molecule has 9 heteroatoms. The molecule has 2 heterocycles. The molecule has 1 saturated heterocycles. The first-order valence-corrected chi connectivity index (χ1v) is 11.4. The van der Waals surface area contributed by atoms with Crippen LogP contribution in [0, 0.1) is 5.82 Å². The molecule has 1 aliphatic rings. The van der Waals surface area contributed by atoms with Gasteiger partial charge in [0.2, 0.25) is 10.0 Å². The van der Waals surface area contributed by atoms with Crippen molar-refractivity contribution >= 4 is 36.9 Å². The van der Waals surface area contributed by atoms with Gasteiger partial charge in [-0.25, -0.2) is 12.8 Å². The first-order chi connectivity index (χ1) is 13.9. The lowest BCUT2D eigenvalue weighted by Gasteiger charge is -2.34. The fourth-order valence-electron chi connectivity index (χ4n) is 3.55. The number of halogens is 2. The van der Waals surface area contributed by atoms with Crippen LogP contribution in [-0.2, 0) is 16.7 Å². The Bertz CT molecular complexity index is 1220. The lowest BCUT2D eigenvalue weighted by atomic mass is 10.2. The number of hydrogen-bond acceptors (Lipinski definition) is 4. The maximum Gasteiger partial charge on any atom is 0.243 e. The van der Waals surface area contributed by atoms with Gasteiger partial charge in [0.1, 0.15) is 5.82 Å². The molecule has 0 unspecified atom stereocenters. The summed E-state index contributed by atoms with van der Waals surface area (Å²) in [7, 11) is -3.72. The van der Waals surface area contributed by atoms with E-state index in [0.29, 0.717) is 38.2 Å². The average molecular weight is 480 g/mol. The summed E-state index contributed by atoms with van der Waals surface area (Å²) in [6.45, 7) is 2.24. The Labute approximate surface area is 176 Å². The molecule has 0 saturated carbocycles. The van der Waals surface area contributed by atoms with E-state index in [-0.39, 0.29) is 10.3 Å². The molecule has 6 nitrogen and oxygen atoms in total. The van der Waals surface area contributed by atoms with E-state index in [4.69, 9.17) is 0 Å². The maximum absolute atomic E-state index is 13.4. The van der Waals surface area contributed by atoms with Gasteiger partial charge in [0, 0.05) is 48.3 Å². The molecule has 29 heavy (non-hydrogen) atoms. The first kappa shape index (κ1) is 20.2. The molecule has 0 aliphatic carbocycles. The third kappa shape index (κ3) is 4.00. The van der Waals surface area contributed by atoms with Gasteiger partial charge in [0.25, 0.3) is 0 Å². The average Bonchev–Trinajstić information content (AvgIpc) is 2.71. The topological polar surface area (TPSA) is 62.6 Å². The van der Waals surface area contributed by atoms with Crippen molar-refractivity contribution in [1.82, 2.24) is 13.8 Å². The Hall–Kier alpha value is -2.07. The number of fused-ring (bicyclic) bond motifs is 1. The van der Waals surface area contributed by atoms with Gasteiger partial charge in [-0.1, -0.05) is 12.1 Å². The molecule has 0 spiro atoms. The van der Waals surface area contributed by atoms with Crippen molar-refractivity contribution in [2.24, 2.45) is 0 Å². The molecule has 1 aliphatic heterocycles. The molecule has 1 aromatic heterocycles. The third-order valence-corrected chi connectivity index (χ3v) is 7.60. The predicted octanol–water partition coefficient (Wildman–Crippen LogP) is 2.87. The first-order valence-electron chi connectivity index (χ1n) is 9.12. The summed E-state index contributed by atoms with van der Waals surface area (Å²) >= 11 is 3.52. The van der Waals surface area contributed by atoms with E-state index in [1.54, 1.807) is 18.3 Å². The van der Waals surface area contributed by atoms with Gasteiger partial charge < -0.3 is 4.57 Å². The number of piperazine rings is 1. The Morgan fingerprint density at radius 2 is 1.72 bits per heavy atom. The Morgan fingerprint density at radius 1 is 1.00 bits per heavy atom. The van der Waals surface area contributed by atoms with E-state index in [1.165, 1.54) is 22.5 Å². The van der Waals surface area contributed by atoms with Crippen LogP contribution in [-0.4, -0.2) is 48.4 Å². The Balaban J connectivity index is 1.51. The number of para-hydroxylation sites is 1. The van der Waals surface area contributed by atoms with Gasteiger partial charge in [-0.3, -0.25) is 9.69 Å². The highest BCUT2D eigenvalue weighted by atomic mass is 79.9. The fourth-order valence-corrected chi connectivity index (χ4v) is 5.60. The second-order valence-electron chi connectivity index (χ2n) is 6.91. The van der Waals surface area contributed by atoms with Gasteiger partial charge in [-0.2, -0.15) is 4.31 Å². The Kier molecular flexibility index (Phi) is 5.56. The van der Waals surface area contributed by atoms with Gasteiger partial charge in [0.15, 0.2) is 5.43 Å². The summed E-state index contributed by atoms with van der Waals surface area (Å²) in [6, 6.07) is 12.1. The molecule has 1 fully saturated rings. The fraction of sp³-hybridized carbons (Fsp3) is 0.250. The molecule has 152 valence electrons. The largest absolute Gasteiger partial charge is 0.333 e. The Morgan fingerprint density at radius 3 is 2.45 bits per heavy atom. The zero-order valence-electron chi connectivity index (χ0n) is 15.5. The van der Waals surface area contributed by atoms with Crippen molar-refractivity contribution in [3.8, 4) is 0 Å². The molecule has 2 aromatic carbocycles. The van der Waals surface area contributed by atoms with Gasteiger partial charge >= 0.3 is 0 Å². The minimum atomic E-state index is -3.72. The van der Waals surface area contributed by atoms with Crippen LogP contribution in [0.1, 0.15) is 0 Å². The summed E-state index contributed by atoms with van der Waals surface area (Å²) < 4.78 is 43.2. The number of sulfonamides is 1. The smallest absolute Gasteiger partial charge is 0.243 e. The minimum Gasteiger partial charge on any atom is -0.333 e. The van der Waals surface area contributed by atoms with Crippen molar-refractivity contribution < 1.29 is 12.8 Å². The zero-order chi connectivity index (χ0) is 20.6. The number of benzene rings is 2. The van der Waals surface area contributed by atoms with E-state index in [0.717, 1.165) is 16.1 Å². The van der Waals surface area contributed by atoms with Gasteiger partial charge in [-0.05, 0) is 46.3 Å². The second-order valence-corrected chi connectivity index (χ2v) is 9.70. The molecule has 3 aromatic rings. The number of pyridine rings is 1. The van der Waals surface area contributed by atoms with E-state index in [9.17, 15) is 17.6 Å². The van der Waals surface area contributed by atoms with Gasteiger partial charge in [-0.15, -0.1) is 0 Å². The summed E-state index contributed by atoms with van der Waals surface area (Å²) in [5.41, 5.74) is 0.776. The molecular formula is C20H19BrFN3O3S. The summed E-state index contributed by atoms with van der Waals surface area (Å²) in [4.78, 5) is 14.2. The quantitative estimate of drug-likeness (QED) is 0.577. The monoisotopic (exact) mass is 479 g/mol. The normalized spacial score (nSPS) is 16.3. The highest BCUT2D eigenvalue weighted by molar-refractivity contribution is 9.10. The van der Waals surface area contributed by atoms with E-state index >= 15 is 0 Å². The number of rotatable bonds is 4. The lowest BCUT2D eigenvalue weighted by Crippen LogP contribution is -2.48. The van der Waals surface area contributed by atoms with Gasteiger partial charge in [0.05, 0.1) is 17.1 Å². The van der Waals surface area contributed by atoms with Crippen molar-refractivity contribution in [3.63, 3.8) is 0 Å². The summed E-state index contributed by atoms with van der Waals surface area (Å²) in [6.07, 6.45) is 1.76. The summed E-state index contributed by atoms with van der Waals surface area (Å²) in [5.74, 6) is -0.569. The SMILES string of the molecule is O=c1ccn(CN2CCN(S(=O)(=O)c3cccc(F)c3)CC2)c2c(Br)cccc12. The number of hydrogen-bond donors (Lipinski definition) is 0. The predicted molar refractivity (Wildman–Crippen MR) is 113 cm³/mol. The van der Waals surface area contributed by atoms with Crippen LogP contribution in [0.15, 0.2) is 68.9 Å². The van der Waals surface area contributed by atoms with Crippen LogP contribution >= 0.6 is 15.9 Å². The molecule has 0 atom stereocenters. The van der Waals surface area contributed by atoms with E-state index in [2.05, 4.69) is 20.8 Å². The van der Waals surface area contributed by atoms with Crippen molar-refractivity contribution in [2.75, 3.05) is 26.2 Å². The highest BCUT2D eigenvalue weighted by Gasteiger charge is 2.28. The van der Waals surface area contributed by atoms with E-state index < -0.39 is 15.8 Å². The minimum absolute atomic E-state index is 0.0266. The van der Waals surface area contributed by atoms with Crippen molar-refractivity contribution in [1.29, 1.82) is 0 Å². The van der Waals surface area contributed by atoms with Crippen LogP contribution in [0.2, 0.25) is 0 Å². The van der Waals surface area contributed by atoms with Crippen LogP contribution in [0.4, 0.5) is 4.39 Å². The van der Waals surface area contributed by atoms with Crippen LogP contribution in [0.5, 0.6) is 0 Å².